The van der Waals surface area contributed by atoms with Gasteiger partial charge in [0, 0.05) is 13.2 Å². The molecule has 2 aromatic heterocycles. The SMILES string of the molecule is CCS(=O)(=O)c1cccnc1C(=O)N=c1sc(C(F)(F)F)nn1C. The van der Waals surface area contributed by atoms with E-state index in [-0.39, 0.29) is 26.8 Å². The average Bonchev–Trinajstić information content (AvgIpc) is 2.88. The summed E-state index contributed by atoms with van der Waals surface area (Å²) in [5.74, 6) is -1.32. The van der Waals surface area contributed by atoms with E-state index in [4.69, 9.17) is 0 Å². The van der Waals surface area contributed by atoms with Crippen LogP contribution in [0.2, 0.25) is 0 Å². The van der Waals surface area contributed by atoms with Crippen LogP contribution in [0.3, 0.4) is 0 Å². The average molecular weight is 380 g/mol. The lowest BCUT2D eigenvalue weighted by Crippen LogP contribution is -2.17. The van der Waals surface area contributed by atoms with Crippen molar-refractivity contribution in [2.75, 3.05) is 5.75 Å². The molecule has 2 heterocycles. The molecular formula is C12H11F3N4O3S2. The normalized spacial score (nSPS) is 13.3. The molecule has 0 saturated carbocycles. The number of rotatable bonds is 3. The molecule has 2 rings (SSSR count). The van der Waals surface area contributed by atoms with Crippen LogP contribution in [0.5, 0.6) is 0 Å². The van der Waals surface area contributed by atoms with Crippen LogP contribution in [0.4, 0.5) is 13.2 Å². The second-order valence-corrected chi connectivity index (χ2v) is 7.68. The van der Waals surface area contributed by atoms with Crippen LogP contribution in [0, 0.1) is 0 Å². The third kappa shape index (κ3) is 3.70. The first-order valence-electron chi connectivity index (χ1n) is 6.44. The fraction of sp³-hybridized carbons (Fsp3) is 0.333. The van der Waals surface area contributed by atoms with Gasteiger partial charge in [-0.3, -0.25) is 4.79 Å². The number of hydrogen-bond donors (Lipinski definition) is 0. The van der Waals surface area contributed by atoms with E-state index in [0.717, 1.165) is 4.68 Å². The van der Waals surface area contributed by atoms with Crippen molar-refractivity contribution in [3.8, 4) is 0 Å². The van der Waals surface area contributed by atoms with Crippen LogP contribution in [0.15, 0.2) is 28.2 Å². The lowest BCUT2D eigenvalue weighted by Gasteiger charge is -2.04. The van der Waals surface area contributed by atoms with Crippen LogP contribution >= 0.6 is 11.3 Å². The van der Waals surface area contributed by atoms with E-state index >= 15 is 0 Å². The summed E-state index contributed by atoms with van der Waals surface area (Å²) in [6.07, 6.45) is -3.47. The van der Waals surface area contributed by atoms with Crippen LogP contribution in [0.25, 0.3) is 0 Å². The van der Waals surface area contributed by atoms with Crippen molar-refractivity contribution in [1.29, 1.82) is 0 Å². The van der Waals surface area contributed by atoms with Crippen molar-refractivity contribution in [2.45, 2.75) is 18.0 Å². The number of nitrogens with zero attached hydrogens (tertiary/aromatic N) is 4. The molecule has 0 aliphatic carbocycles. The lowest BCUT2D eigenvalue weighted by atomic mass is 10.3. The highest BCUT2D eigenvalue weighted by Crippen LogP contribution is 2.28. The summed E-state index contributed by atoms with van der Waals surface area (Å²) in [7, 11) is -2.54. The van der Waals surface area contributed by atoms with Gasteiger partial charge in [-0.05, 0) is 12.1 Å². The van der Waals surface area contributed by atoms with Gasteiger partial charge in [0.25, 0.3) is 5.91 Å². The van der Waals surface area contributed by atoms with E-state index in [1.807, 2.05) is 0 Å². The Labute approximate surface area is 138 Å². The summed E-state index contributed by atoms with van der Waals surface area (Å²) in [4.78, 5) is 18.8. The Morgan fingerprint density at radius 1 is 1.42 bits per heavy atom. The molecule has 0 N–H and O–H groups in total. The van der Waals surface area contributed by atoms with Crippen LogP contribution in [-0.2, 0) is 23.1 Å². The molecule has 0 atom stereocenters. The van der Waals surface area contributed by atoms with Crippen molar-refractivity contribution >= 4 is 27.1 Å². The first-order valence-corrected chi connectivity index (χ1v) is 8.91. The highest BCUT2D eigenvalue weighted by Gasteiger charge is 2.35. The Morgan fingerprint density at radius 3 is 2.62 bits per heavy atom. The summed E-state index contributed by atoms with van der Waals surface area (Å²) < 4.78 is 62.6. The first kappa shape index (κ1) is 18.3. The second-order valence-electron chi connectivity index (χ2n) is 4.48. The predicted molar refractivity (Wildman–Crippen MR) is 77.9 cm³/mol. The molecule has 12 heteroatoms. The molecule has 0 aliphatic heterocycles. The fourth-order valence-corrected chi connectivity index (χ4v) is 3.44. The Balaban J connectivity index is 2.55. The minimum Gasteiger partial charge on any atom is -0.265 e. The summed E-state index contributed by atoms with van der Waals surface area (Å²) >= 11 is 0.171. The zero-order valence-corrected chi connectivity index (χ0v) is 14.0. The molecule has 0 saturated heterocycles. The van der Waals surface area contributed by atoms with E-state index in [9.17, 15) is 26.4 Å². The van der Waals surface area contributed by atoms with Gasteiger partial charge in [0.1, 0.15) is 5.69 Å². The molecule has 1 amide bonds. The molecule has 7 nitrogen and oxygen atoms in total. The molecule has 0 fully saturated rings. The minimum absolute atomic E-state index is 0.171. The number of carbonyl (C=O) groups is 1. The van der Waals surface area contributed by atoms with Crippen LogP contribution in [-0.4, -0.2) is 34.8 Å². The fourth-order valence-electron chi connectivity index (χ4n) is 1.66. The smallest absolute Gasteiger partial charge is 0.265 e. The maximum Gasteiger partial charge on any atom is 0.445 e. The number of carbonyl (C=O) groups excluding carboxylic acids is 1. The first-order chi connectivity index (χ1) is 11.1. The monoisotopic (exact) mass is 380 g/mol. The van der Waals surface area contributed by atoms with Crippen molar-refractivity contribution in [3.63, 3.8) is 0 Å². The molecule has 0 unspecified atom stereocenters. The number of halogens is 3. The second kappa shape index (κ2) is 6.43. The third-order valence-electron chi connectivity index (χ3n) is 2.83. The third-order valence-corrected chi connectivity index (χ3v) is 5.64. The maximum absolute atomic E-state index is 12.6. The van der Waals surface area contributed by atoms with Gasteiger partial charge in [0.2, 0.25) is 9.81 Å². The molecule has 0 aromatic carbocycles. The Bertz CT molecular complexity index is 945. The predicted octanol–water partition coefficient (Wildman–Crippen LogP) is 1.43. The standard InChI is InChI=1S/C12H11F3N4O3S2/c1-3-24(21,22)7-5-4-6-16-8(7)9(20)17-11-19(2)18-10(23-11)12(13,14)15/h4-6H,3H2,1-2H3. The number of amides is 1. The Hall–Kier alpha value is -2.08. The van der Waals surface area contributed by atoms with Crippen molar-refractivity contribution in [3.05, 3.63) is 33.8 Å². The Morgan fingerprint density at radius 2 is 2.08 bits per heavy atom. The van der Waals surface area contributed by atoms with Crippen molar-refractivity contribution < 1.29 is 26.4 Å². The maximum atomic E-state index is 12.6. The van der Waals surface area contributed by atoms with E-state index in [2.05, 4.69) is 15.1 Å². The quantitative estimate of drug-likeness (QED) is 0.803. The Kier molecular flexibility index (Phi) is 4.90. The number of aromatic nitrogens is 3. The molecule has 130 valence electrons. The van der Waals surface area contributed by atoms with Crippen molar-refractivity contribution in [2.24, 2.45) is 12.0 Å². The highest BCUT2D eigenvalue weighted by atomic mass is 32.2. The molecule has 2 aromatic rings. The van der Waals surface area contributed by atoms with Gasteiger partial charge < -0.3 is 0 Å². The van der Waals surface area contributed by atoms with Gasteiger partial charge in [0.15, 0.2) is 9.84 Å². The lowest BCUT2D eigenvalue weighted by molar-refractivity contribution is -0.138. The van der Waals surface area contributed by atoms with Gasteiger partial charge in [-0.2, -0.15) is 23.3 Å². The molecule has 0 radical (unpaired) electrons. The number of alkyl halides is 3. The van der Waals surface area contributed by atoms with Gasteiger partial charge in [-0.25, -0.2) is 18.1 Å². The summed E-state index contributed by atoms with van der Waals surface area (Å²) in [5, 5.41) is 2.07. The topological polar surface area (TPSA) is 94.3 Å². The number of pyridine rings is 1. The number of hydrogen-bond acceptors (Lipinski definition) is 6. The summed E-state index contributed by atoms with van der Waals surface area (Å²) in [6, 6.07) is 2.54. The van der Waals surface area contributed by atoms with E-state index in [1.165, 1.54) is 32.3 Å². The van der Waals surface area contributed by atoms with E-state index < -0.39 is 32.6 Å². The largest absolute Gasteiger partial charge is 0.445 e. The van der Waals surface area contributed by atoms with E-state index in [0.29, 0.717) is 0 Å². The summed E-state index contributed by atoms with van der Waals surface area (Å²) in [6.45, 7) is 1.40. The van der Waals surface area contributed by atoms with Crippen LogP contribution in [0.1, 0.15) is 22.4 Å². The molecule has 0 aliphatic rings. The van der Waals surface area contributed by atoms with Crippen molar-refractivity contribution in [1.82, 2.24) is 14.8 Å². The van der Waals surface area contributed by atoms with Crippen LogP contribution < -0.4 is 4.80 Å². The number of sulfone groups is 1. The van der Waals surface area contributed by atoms with Gasteiger partial charge in [-0.15, -0.1) is 0 Å². The zero-order chi connectivity index (χ0) is 18.1. The minimum atomic E-state index is -4.67. The van der Waals surface area contributed by atoms with Gasteiger partial charge in [-0.1, -0.05) is 18.3 Å². The summed E-state index contributed by atoms with van der Waals surface area (Å²) in [5.41, 5.74) is -0.443. The number of aryl methyl sites for hydroxylation is 1. The van der Waals surface area contributed by atoms with E-state index in [1.54, 1.807) is 0 Å². The molecular weight excluding hydrogens is 369 g/mol. The molecule has 0 bridgehead atoms. The molecule has 24 heavy (non-hydrogen) atoms. The zero-order valence-electron chi connectivity index (χ0n) is 12.4. The van der Waals surface area contributed by atoms with Gasteiger partial charge in [0.05, 0.1) is 10.6 Å². The highest BCUT2D eigenvalue weighted by molar-refractivity contribution is 7.91. The van der Waals surface area contributed by atoms with Gasteiger partial charge >= 0.3 is 6.18 Å². The molecule has 0 spiro atoms.